The van der Waals surface area contributed by atoms with Crippen LogP contribution in [0.5, 0.6) is 0 Å². The molecule has 0 aliphatic carbocycles. The zero-order chi connectivity index (χ0) is 20.3. The number of primary amides is 1. The molecule has 0 saturated carbocycles. The van der Waals surface area contributed by atoms with Crippen molar-refractivity contribution in [1.29, 1.82) is 0 Å². The largest absolute Gasteiger partial charge is 0.368 e. The first-order valence-corrected chi connectivity index (χ1v) is 11.2. The Balaban J connectivity index is 1.57. The monoisotopic (exact) mass is 409 g/mol. The predicted octanol–water partition coefficient (Wildman–Crippen LogP) is -1.25. The summed E-state index contributed by atoms with van der Waals surface area (Å²) in [7, 11) is -3.51. The Kier molecular flexibility index (Phi) is 6.36. The van der Waals surface area contributed by atoms with Crippen molar-refractivity contribution in [2.24, 2.45) is 5.73 Å². The average Bonchev–Trinajstić information content (AvgIpc) is 2.68. The van der Waals surface area contributed by atoms with Crippen LogP contribution in [0.25, 0.3) is 0 Å². The number of benzene rings is 1. The summed E-state index contributed by atoms with van der Waals surface area (Å²) in [4.78, 5) is 27.2. The van der Waals surface area contributed by atoms with E-state index in [4.69, 9.17) is 5.73 Å². The third-order valence-corrected chi connectivity index (χ3v) is 7.55. The maximum atomic E-state index is 12.8. The number of rotatable bonds is 5. The highest BCUT2D eigenvalue weighted by molar-refractivity contribution is 7.89. The number of hydrogen-bond donors (Lipinski definition) is 2. The van der Waals surface area contributed by atoms with Crippen LogP contribution in [0.4, 0.5) is 0 Å². The van der Waals surface area contributed by atoms with Gasteiger partial charge < -0.3 is 15.5 Å². The quantitative estimate of drug-likeness (QED) is 0.634. The van der Waals surface area contributed by atoms with E-state index in [2.05, 4.69) is 0 Å². The zero-order valence-corrected chi connectivity index (χ0v) is 17.1. The first kappa shape index (κ1) is 20.8. The van der Waals surface area contributed by atoms with E-state index in [1.165, 1.54) is 4.31 Å². The maximum Gasteiger partial charge on any atom is 0.278 e. The molecule has 1 atom stereocenters. The highest BCUT2D eigenvalue weighted by atomic mass is 32.2. The summed E-state index contributed by atoms with van der Waals surface area (Å²) in [5.41, 5.74) is 6.46. The van der Waals surface area contributed by atoms with Gasteiger partial charge in [0.1, 0.15) is 6.04 Å². The van der Waals surface area contributed by atoms with Crippen molar-refractivity contribution in [2.45, 2.75) is 37.1 Å². The van der Waals surface area contributed by atoms with E-state index in [0.717, 1.165) is 23.3 Å². The molecule has 2 fully saturated rings. The maximum absolute atomic E-state index is 12.8. The van der Waals surface area contributed by atoms with Crippen LogP contribution in [-0.4, -0.2) is 74.7 Å². The van der Waals surface area contributed by atoms with Gasteiger partial charge >= 0.3 is 0 Å². The fourth-order valence-electron chi connectivity index (χ4n) is 3.92. The van der Waals surface area contributed by atoms with Crippen LogP contribution in [0.2, 0.25) is 0 Å². The highest BCUT2D eigenvalue weighted by Gasteiger charge is 2.35. The third kappa shape index (κ3) is 4.53. The summed E-state index contributed by atoms with van der Waals surface area (Å²) in [5, 5.41) is 0. The van der Waals surface area contributed by atoms with Crippen LogP contribution >= 0.6 is 0 Å². The second-order valence-electron chi connectivity index (χ2n) is 7.64. The fourth-order valence-corrected chi connectivity index (χ4v) is 5.36. The smallest absolute Gasteiger partial charge is 0.278 e. The van der Waals surface area contributed by atoms with Gasteiger partial charge in [-0.25, -0.2) is 8.42 Å². The van der Waals surface area contributed by atoms with E-state index in [0.29, 0.717) is 44.0 Å². The minimum absolute atomic E-state index is 0.0756. The third-order valence-electron chi connectivity index (χ3n) is 5.64. The van der Waals surface area contributed by atoms with Gasteiger partial charge in [-0.15, -0.1) is 0 Å². The lowest BCUT2D eigenvalue weighted by molar-refractivity contribution is -0.896. The molecule has 3 N–H and O–H groups in total. The van der Waals surface area contributed by atoms with Crippen molar-refractivity contribution in [1.82, 2.24) is 9.21 Å². The molecule has 3 rings (SSSR count). The lowest BCUT2D eigenvalue weighted by Crippen LogP contribution is -3.15. The topological polar surface area (TPSA) is 105 Å². The lowest BCUT2D eigenvalue weighted by atomic mass is 10.0. The van der Waals surface area contributed by atoms with Crippen molar-refractivity contribution in [3.63, 3.8) is 0 Å². The molecule has 2 amide bonds. The number of aryl methyl sites for hydroxylation is 1. The van der Waals surface area contributed by atoms with E-state index in [-0.39, 0.29) is 12.5 Å². The number of nitrogens with two attached hydrogens (primary N) is 1. The van der Waals surface area contributed by atoms with Gasteiger partial charge in [0.25, 0.3) is 5.91 Å². The fraction of sp³-hybridized carbons (Fsp3) is 0.579. The predicted molar refractivity (Wildman–Crippen MR) is 104 cm³/mol. The number of amides is 2. The molecule has 154 valence electrons. The number of likely N-dealkylation sites (tertiary alicyclic amines) is 1. The van der Waals surface area contributed by atoms with E-state index < -0.39 is 22.0 Å². The molecule has 2 aliphatic heterocycles. The minimum atomic E-state index is -3.51. The number of hydrogen-bond acceptors (Lipinski definition) is 4. The number of nitrogens with zero attached hydrogens (tertiary/aromatic N) is 2. The number of piperazine rings is 1. The normalized spacial score (nSPS) is 22.2. The van der Waals surface area contributed by atoms with Crippen LogP contribution in [0.1, 0.15) is 24.8 Å². The summed E-state index contributed by atoms with van der Waals surface area (Å²) in [6, 6.07) is 6.34. The molecule has 0 spiro atoms. The molecule has 0 radical (unpaired) electrons. The van der Waals surface area contributed by atoms with Crippen molar-refractivity contribution < 1.29 is 22.9 Å². The van der Waals surface area contributed by atoms with Crippen molar-refractivity contribution in [3.8, 4) is 0 Å². The Morgan fingerprint density at radius 3 is 2.36 bits per heavy atom. The van der Waals surface area contributed by atoms with Gasteiger partial charge in [-0.1, -0.05) is 17.7 Å². The summed E-state index contributed by atoms with van der Waals surface area (Å²) in [5.74, 6) is -0.523. The number of carbonyl (C=O) groups excluding carboxylic acids is 2. The van der Waals surface area contributed by atoms with E-state index in [1.54, 1.807) is 29.2 Å². The van der Waals surface area contributed by atoms with Gasteiger partial charge in [0.05, 0.1) is 31.1 Å². The summed E-state index contributed by atoms with van der Waals surface area (Å²) in [6.07, 6.45) is 2.41. The van der Waals surface area contributed by atoms with Crippen molar-refractivity contribution in [2.75, 3.05) is 39.3 Å². The van der Waals surface area contributed by atoms with Gasteiger partial charge in [-0.05, 0) is 38.3 Å². The second-order valence-corrected chi connectivity index (χ2v) is 9.58. The Morgan fingerprint density at radius 2 is 1.75 bits per heavy atom. The molecule has 9 heteroatoms. The number of nitrogens with one attached hydrogen (secondary N) is 1. The van der Waals surface area contributed by atoms with Gasteiger partial charge in [0.2, 0.25) is 15.9 Å². The minimum Gasteiger partial charge on any atom is -0.368 e. The molecule has 2 aliphatic rings. The molecule has 0 bridgehead atoms. The van der Waals surface area contributed by atoms with Crippen LogP contribution in [-0.2, 0) is 19.6 Å². The van der Waals surface area contributed by atoms with Gasteiger partial charge in [-0.3, -0.25) is 9.59 Å². The van der Waals surface area contributed by atoms with Crippen molar-refractivity contribution in [3.05, 3.63) is 29.8 Å². The average molecular weight is 410 g/mol. The first-order chi connectivity index (χ1) is 13.3. The van der Waals surface area contributed by atoms with Gasteiger partial charge in [0, 0.05) is 6.54 Å². The van der Waals surface area contributed by atoms with E-state index in [1.807, 2.05) is 6.92 Å². The molecule has 0 aromatic heterocycles. The summed E-state index contributed by atoms with van der Waals surface area (Å²) < 4.78 is 27.1. The van der Waals surface area contributed by atoms with E-state index in [9.17, 15) is 18.0 Å². The highest BCUT2D eigenvalue weighted by Crippen LogP contribution is 2.17. The molecule has 28 heavy (non-hydrogen) atoms. The standard InChI is InChI=1S/C19H28N4O4S/c1-15-5-7-16(8-6-15)28(26,27)22-12-10-21(11-13-22)14-18(24)23-9-3-2-4-17(23)19(20)25/h5-8,17H,2-4,9-14H2,1H3,(H2,20,25)/p+1/t17-/m1/s1. The van der Waals surface area contributed by atoms with Crippen LogP contribution in [0.3, 0.4) is 0 Å². The van der Waals surface area contributed by atoms with E-state index >= 15 is 0 Å². The number of carbonyl (C=O) groups is 2. The molecule has 2 heterocycles. The molecule has 8 nitrogen and oxygen atoms in total. The Labute approximate surface area is 166 Å². The lowest BCUT2D eigenvalue weighted by Gasteiger charge is -2.36. The molecular weight excluding hydrogens is 380 g/mol. The SMILES string of the molecule is Cc1ccc(S(=O)(=O)N2CC[NH+](CC(=O)N3CCCC[C@@H]3C(N)=O)CC2)cc1. The Bertz CT molecular complexity index is 817. The van der Waals surface area contributed by atoms with Gasteiger partial charge in [-0.2, -0.15) is 4.31 Å². The number of quaternary nitrogens is 1. The van der Waals surface area contributed by atoms with Crippen LogP contribution < -0.4 is 10.6 Å². The molecule has 1 aromatic carbocycles. The number of piperidine rings is 1. The van der Waals surface area contributed by atoms with Crippen LogP contribution in [0, 0.1) is 6.92 Å². The summed E-state index contributed by atoms with van der Waals surface area (Å²) in [6.45, 7) is 4.62. The molecule has 0 unspecified atom stereocenters. The second kappa shape index (κ2) is 8.59. The van der Waals surface area contributed by atoms with Crippen LogP contribution in [0.15, 0.2) is 29.2 Å². The zero-order valence-electron chi connectivity index (χ0n) is 16.3. The summed E-state index contributed by atoms with van der Waals surface area (Å²) >= 11 is 0. The van der Waals surface area contributed by atoms with Crippen molar-refractivity contribution >= 4 is 21.8 Å². The van der Waals surface area contributed by atoms with Gasteiger partial charge in [0.15, 0.2) is 6.54 Å². The first-order valence-electron chi connectivity index (χ1n) is 9.78. The Hall–Kier alpha value is -1.97. The Morgan fingerprint density at radius 1 is 1.11 bits per heavy atom. The molecule has 1 aromatic rings. The number of sulfonamides is 1. The molecule has 2 saturated heterocycles. The molecular formula is C19H29N4O4S+.